The van der Waals surface area contributed by atoms with Gasteiger partial charge in [0.05, 0.1) is 0 Å². The summed E-state index contributed by atoms with van der Waals surface area (Å²) in [6.45, 7) is 4.11. The van der Waals surface area contributed by atoms with E-state index in [1.807, 2.05) is 0 Å². The third-order valence-electron chi connectivity index (χ3n) is 3.81. The minimum absolute atomic E-state index is 0.0539. The van der Waals surface area contributed by atoms with Gasteiger partial charge in [-0.15, -0.1) is 12.3 Å². The number of nitrogens with one attached hydrogen (secondary N) is 1. The molecule has 11 heteroatoms. The number of rotatable bonds is 8. The van der Waals surface area contributed by atoms with Crippen LogP contribution in [-0.4, -0.2) is 67.0 Å². The summed E-state index contributed by atoms with van der Waals surface area (Å²) in [5.74, 6) is -1.10. The number of hydrogen-bond donors (Lipinski definition) is 1. The van der Waals surface area contributed by atoms with E-state index in [1.54, 1.807) is 0 Å². The van der Waals surface area contributed by atoms with E-state index in [2.05, 4.69) is 11.2 Å². The summed E-state index contributed by atoms with van der Waals surface area (Å²) in [5.41, 5.74) is 0. The second kappa shape index (κ2) is 11.8. The standard InChI is InChI=1S/C19H25NO10/c1-6-7-8-15(25)20-16-18(28-12(4)23)17(27-11(3)22)14(9-26-10(2)21)30-19(16)29-13(5)24/h1,14,16-19H,7-9H2,2-5H3,(H,20,25)/t14-,16+,17-,18-,19-/m1/s1. The van der Waals surface area contributed by atoms with Crippen LogP contribution in [0.1, 0.15) is 40.5 Å². The lowest BCUT2D eigenvalue weighted by Gasteiger charge is -2.44. The van der Waals surface area contributed by atoms with Crippen LogP contribution in [0.2, 0.25) is 0 Å². The van der Waals surface area contributed by atoms with Crippen LogP contribution in [0.25, 0.3) is 0 Å². The van der Waals surface area contributed by atoms with E-state index in [0.29, 0.717) is 0 Å². The molecule has 5 atom stereocenters. The molecule has 0 aliphatic carbocycles. The number of carbonyl (C=O) groups excluding carboxylic acids is 5. The van der Waals surface area contributed by atoms with Crippen LogP contribution in [0.4, 0.5) is 0 Å². The number of esters is 4. The van der Waals surface area contributed by atoms with Crippen molar-refractivity contribution in [1.29, 1.82) is 0 Å². The lowest BCUT2D eigenvalue weighted by atomic mass is 9.96. The summed E-state index contributed by atoms with van der Waals surface area (Å²) < 4.78 is 26.2. The molecule has 0 aromatic heterocycles. The molecule has 0 saturated carbocycles. The first-order valence-corrected chi connectivity index (χ1v) is 9.08. The molecule has 1 heterocycles. The van der Waals surface area contributed by atoms with Crippen LogP contribution in [-0.2, 0) is 47.7 Å². The van der Waals surface area contributed by atoms with Gasteiger partial charge in [-0.05, 0) is 0 Å². The largest absolute Gasteiger partial charge is 0.463 e. The van der Waals surface area contributed by atoms with Crippen LogP contribution in [0, 0.1) is 12.3 Å². The van der Waals surface area contributed by atoms with E-state index in [1.165, 1.54) is 0 Å². The molecular formula is C19H25NO10. The predicted molar refractivity (Wildman–Crippen MR) is 98.2 cm³/mol. The maximum Gasteiger partial charge on any atom is 0.305 e. The zero-order valence-electron chi connectivity index (χ0n) is 17.2. The topological polar surface area (TPSA) is 144 Å². The summed E-state index contributed by atoms with van der Waals surface area (Å²) in [6, 6.07) is -1.22. The second-order valence-electron chi connectivity index (χ2n) is 6.40. The van der Waals surface area contributed by atoms with Gasteiger partial charge in [-0.25, -0.2) is 0 Å². The van der Waals surface area contributed by atoms with Gasteiger partial charge >= 0.3 is 23.9 Å². The lowest BCUT2D eigenvalue weighted by molar-refractivity contribution is -0.271. The smallest absolute Gasteiger partial charge is 0.305 e. The Morgan fingerprint density at radius 3 is 1.97 bits per heavy atom. The van der Waals surface area contributed by atoms with E-state index in [4.69, 9.17) is 30.1 Å². The first-order valence-electron chi connectivity index (χ1n) is 9.08. The Morgan fingerprint density at radius 2 is 1.47 bits per heavy atom. The molecule has 166 valence electrons. The van der Waals surface area contributed by atoms with E-state index in [0.717, 1.165) is 27.7 Å². The SMILES string of the molecule is C#CCCC(=O)N[C@@H]1[C@H](OC(C)=O)O[C@H](COC(C)=O)[C@@H](OC(C)=O)[C@@H]1OC(C)=O. The van der Waals surface area contributed by atoms with Gasteiger partial charge in [-0.1, -0.05) is 0 Å². The van der Waals surface area contributed by atoms with Crippen molar-refractivity contribution in [2.45, 2.75) is 71.2 Å². The van der Waals surface area contributed by atoms with Crippen molar-refractivity contribution < 1.29 is 47.7 Å². The van der Waals surface area contributed by atoms with Crippen LogP contribution < -0.4 is 5.32 Å². The van der Waals surface area contributed by atoms with Crippen molar-refractivity contribution in [2.75, 3.05) is 6.61 Å². The normalized spacial score (nSPS) is 25.2. The third kappa shape index (κ3) is 8.08. The molecule has 1 fully saturated rings. The summed E-state index contributed by atoms with van der Waals surface area (Å²) >= 11 is 0. The molecule has 1 saturated heterocycles. The quantitative estimate of drug-likeness (QED) is 0.309. The van der Waals surface area contributed by atoms with Gasteiger partial charge in [0.2, 0.25) is 12.2 Å². The monoisotopic (exact) mass is 427 g/mol. The Balaban J connectivity index is 3.30. The highest BCUT2D eigenvalue weighted by atomic mass is 16.7. The predicted octanol–water partition coefficient (Wildman–Crippen LogP) is -0.401. The highest BCUT2D eigenvalue weighted by molar-refractivity contribution is 5.77. The number of terminal acetylenes is 1. The minimum Gasteiger partial charge on any atom is -0.463 e. The molecule has 0 unspecified atom stereocenters. The Bertz CT molecular complexity index is 713. The summed E-state index contributed by atoms with van der Waals surface area (Å²) in [7, 11) is 0. The molecule has 1 rings (SSSR count). The van der Waals surface area contributed by atoms with Crippen LogP contribution in [0.3, 0.4) is 0 Å². The molecule has 0 spiro atoms. The van der Waals surface area contributed by atoms with Crippen molar-refractivity contribution in [1.82, 2.24) is 5.32 Å². The number of carbonyl (C=O) groups is 5. The molecule has 0 bridgehead atoms. The second-order valence-corrected chi connectivity index (χ2v) is 6.40. The van der Waals surface area contributed by atoms with Gasteiger partial charge in [0.25, 0.3) is 0 Å². The van der Waals surface area contributed by atoms with Crippen LogP contribution in [0.5, 0.6) is 0 Å². The lowest BCUT2D eigenvalue weighted by Crippen LogP contribution is -2.67. The first-order chi connectivity index (χ1) is 14.0. The molecule has 30 heavy (non-hydrogen) atoms. The average Bonchev–Trinajstić information content (AvgIpc) is 2.62. The summed E-state index contributed by atoms with van der Waals surface area (Å²) in [4.78, 5) is 58.4. The van der Waals surface area contributed by atoms with Crippen molar-refractivity contribution in [3.05, 3.63) is 0 Å². The first kappa shape index (κ1) is 24.9. The van der Waals surface area contributed by atoms with Gasteiger partial charge < -0.3 is 29.0 Å². The molecule has 11 nitrogen and oxygen atoms in total. The third-order valence-corrected chi connectivity index (χ3v) is 3.81. The molecule has 0 aromatic rings. The summed E-state index contributed by atoms with van der Waals surface area (Å²) in [6.07, 6.45) is 0.0964. The molecule has 1 aliphatic rings. The van der Waals surface area contributed by atoms with Crippen molar-refractivity contribution in [3.8, 4) is 12.3 Å². The molecule has 0 aromatic carbocycles. The van der Waals surface area contributed by atoms with E-state index in [9.17, 15) is 24.0 Å². The van der Waals surface area contributed by atoms with Crippen molar-refractivity contribution in [3.63, 3.8) is 0 Å². The van der Waals surface area contributed by atoms with E-state index in [-0.39, 0.29) is 19.4 Å². The minimum atomic E-state index is -1.42. The van der Waals surface area contributed by atoms with Crippen molar-refractivity contribution in [2.24, 2.45) is 0 Å². The fourth-order valence-corrected chi connectivity index (χ4v) is 2.76. The molecule has 1 N–H and O–H groups in total. The molecule has 1 aliphatic heterocycles. The number of hydrogen-bond acceptors (Lipinski definition) is 10. The number of amides is 1. The maximum atomic E-state index is 12.2. The fourth-order valence-electron chi connectivity index (χ4n) is 2.76. The Kier molecular flexibility index (Phi) is 9.77. The number of ether oxygens (including phenoxy) is 5. The van der Waals surface area contributed by atoms with Crippen molar-refractivity contribution >= 4 is 29.8 Å². The summed E-state index contributed by atoms with van der Waals surface area (Å²) in [5, 5.41) is 2.54. The highest BCUT2D eigenvalue weighted by Crippen LogP contribution is 2.28. The molecule has 0 radical (unpaired) electrons. The Hall–Kier alpha value is -3.13. The van der Waals surface area contributed by atoms with Crippen LogP contribution >= 0.6 is 0 Å². The Morgan fingerprint density at radius 1 is 0.900 bits per heavy atom. The van der Waals surface area contributed by atoms with Gasteiger partial charge in [0.1, 0.15) is 18.8 Å². The van der Waals surface area contributed by atoms with Crippen LogP contribution in [0.15, 0.2) is 0 Å². The zero-order chi connectivity index (χ0) is 22.8. The average molecular weight is 427 g/mol. The molecule has 1 amide bonds. The fraction of sp³-hybridized carbons (Fsp3) is 0.632. The highest BCUT2D eigenvalue weighted by Gasteiger charge is 2.52. The molecular weight excluding hydrogens is 402 g/mol. The van der Waals surface area contributed by atoms with E-state index < -0.39 is 60.4 Å². The van der Waals surface area contributed by atoms with Gasteiger partial charge in [0.15, 0.2) is 12.2 Å². The Labute approximate surface area is 173 Å². The maximum absolute atomic E-state index is 12.2. The zero-order valence-corrected chi connectivity index (χ0v) is 17.2. The van der Waals surface area contributed by atoms with Gasteiger partial charge in [-0.2, -0.15) is 0 Å². The van der Waals surface area contributed by atoms with E-state index >= 15 is 0 Å². The van der Waals surface area contributed by atoms with Gasteiger partial charge in [0, 0.05) is 40.5 Å². The van der Waals surface area contributed by atoms with Gasteiger partial charge in [-0.3, -0.25) is 24.0 Å².